The molecule has 10 aromatic carbocycles. The lowest BCUT2D eigenvalue weighted by atomic mass is 9.70. The fourth-order valence-electron chi connectivity index (χ4n) is 12.0. The van der Waals surface area contributed by atoms with Gasteiger partial charge < -0.3 is 4.57 Å². The van der Waals surface area contributed by atoms with E-state index in [0.29, 0.717) is 0 Å². The maximum atomic E-state index is 5.80. The highest BCUT2D eigenvalue weighted by atomic mass is 32.1. The Kier molecular flexibility index (Phi) is 7.06. The molecule has 2 aliphatic carbocycles. The molecule has 65 heavy (non-hydrogen) atoms. The monoisotopic (exact) mass is 840 g/mol. The average Bonchev–Trinajstić information content (AvgIpc) is 4.10. The number of fused-ring (bicyclic) bond motifs is 20. The normalized spacial score (nSPS) is 13.4. The third-order valence-corrected chi connectivity index (χ3v) is 15.8. The Bertz CT molecular complexity index is 4100. The predicted octanol–water partition coefficient (Wildman–Crippen LogP) is 16.5. The van der Waals surface area contributed by atoms with Crippen LogP contribution in [0, 0.1) is 0 Å². The molecule has 13 aromatic rings. The summed E-state index contributed by atoms with van der Waals surface area (Å²) in [5.74, 6) is 0. The number of nitrogens with zero attached hydrogens (tertiary/aromatic N) is 2. The SMILES string of the molecule is c1ccc2c(c1)-c1ccccc1C21c2ccccc2-c2c1ccc1c2c(-c2cc(-c3cccc4c3sc3ccccc34)cc(-n3c4ccccc4c4ccccc43)c2)nc2ccccc21. The summed E-state index contributed by atoms with van der Waals surface area (Å²) in [6, 6.07) is 81.4. The zero-order valence-corrected chi connectivity index (χ0v) is 35.9. The van der Waals surface area contributed by atoms with Gasteiger partial charge >= 0.3 is 0 Å². The van der Waals surface area contributed by atoms with Gasteiger partial charge in [0.2, 0.25) is 0 Å². The number of rotatable bonds is 3. The van der Waals surface area contributed by atoms with Crippen LogP contribution in [0.2, 0.25) is 0 Å². The summed E-state index contributed by atoms with van der Waals surface area (Å²) < 4.78 is 5.06. The molecule has 15 rings (SSSR count). The van der Waals surface area contributed by atoms with Gasteiger partial charge in [-0.1, -0.05) is 176 Å². The number of para-hydroxylation sites is 3. The quantitative estimate of drug-likeness (QED) is 0.162. The minimum atomic E-state index is -0.469. The van der Waals surface area contributed by atoms with Crippen molar-refractivity contribution in [2.75, 3.05) is 0 Å². The standard InChI is InChI=1S/C62H36N2S/c1-8-25-50-41(16-1)42-17-2-9-26-51(42)62(50)52-27-10-3-22-49(52)58-53(62)33-32-47-43-18-4-11-28-54(43)63-60(59(47)58)38-34-37(40-23-15-24-48-46-21-7-14-31-57(46)65-61(40)48)35-39(36-38)64-55-29-12-5-19-44(55)45-20-6-13-30-56(45)64/h1-36H. The van der Waals surface area contributed by atoms with E-state index in [-0.39, 0.29) is 0 Å². The van der Waals surface area contributed by atoms with Crippen LogP contribution in [0.1, 0.15) is 22.3 Å². The van der Waals surface area contributed by atoms with E-state index in [1.54, 1.807) is 0 Å². The summed E-state index contributed by atoms with van der Waals surface area (Å²) in [6.07, 6.45) is 0. The molecule has 0 saturated heterocycles. The Morgan fingerprint density at radius 1 is 0.385 bits per heavy atom. The van der Waals surface area contributed by atoms with Crippen LogP contribution in [0.4, 0.5) is 0 Å². The van der Waals surface area contributed by atoms with Crippen molar-refractivity contribution in [3.63, 3.8) is 0 Å². The van der Waals surface area contributed by atoms with Gasteiger partial charge in [-0.25, -0.2) is 4.98 Å². The molecule has 0 bridgehead atoms. The van der Waals surface area contributed by atoms with Crippen molar-refractivity contribution in [2.24, 2.45) is 0 Å². The topological polar surface area (TPSA) is 17.8 Å². The summed E-state index contributed by atoms with van der Waals surface area (Å²) in [7, 11) is 0. The summed E-state index contributed by atoms with van der Waals surface area (Å²) in [5.41, 5.74) is 19.0. The lowest BCUT2D eigenvalue weighted by Crippen LogP contribution is -2.25. The van der Waals surface area contributed by atoms with Crippen LogP contribution >= 0.6 is 11.3 Å². The van der Waals surface area contributed by atoms with Gasteiger partial charge in [0, 0.05) is 53.0 Å². The third-order valence-electron chi connectivity index (χ3n) is 14.6. The number of pyridine rings is 1. The average molecular weight is 841 g/mol. The summed E-state index contributed by atoms with van der Waals surface area (Å²) in [5, 5.41) is 8.64. The highest BCUT2D eigenvalue weighted by Crippen LogP contribution is 2.64. The third kappa shape index (κ3) is 4.60. The molecule has 3 heteroatoms. The van der Waals surface area contributed by atoms with Gasteiger partial charge in [0.25, 0.3) is 0 Å². The Morgan fingerprint density at radius 3 is 1.68 bits per heavy atom. The second-order valence-electron chi connectivity index (χ2n) is 17.7. The highest BCUT2D eigenvalue weighted by molar-refractivity contribution is 7.26. The highest BCUT2D eigenvalue weighted by Gasteiger charge is 2.52. The number of benzene rings is 10. The second kappa shape index (κ2) is 13.0. The molecule has 0 N–H and O–H groups in total. The van der Waals surface area contributed by atoms with E-state index in [2.05, 4.69) is 223 Å². The molecule has 0 saturated carbocycles. The number of thiophene rings is 1. The summed E-state index contributed by atoms with van der Waals surface area (Å²) in [6.45, 7) is 0. The van der Waals surface area contributed by atoms with Gasteiger partial charge in [0.15, 0.2) is 0 Å². The first-order valence-corrected chi connectivity index (χ1v) is 23.3. The molecule has 3 heterocycles. The van der Waals surface area contributed by atoms with Gasteiger partial charge in [-0.05, 0) is 103 Å². The van der Waals surface area contributed by atoms with E-state index >= 15 is 0 Å². The molecule has 0 aliphatic heterocycles. The molecule has 0 fully saturated rings. The van der Waals surface area contributed by atoms with Crippen LogP contribution < -0.4 is 0 Å². The number of hydrogen-bond donors (Lipinski definition) is 0. The maximum absolute atomic E-state index is 5.80. The minimum absolute atomic E-state index is 0.469. The zero-order valence-electron chi connectivity index (χ0n) is 35.1. The van der Waals surface area contributed by atoms with E-state index in [1.165, 1.54) is 108 Å². The van der Waals surface area contributed by atoms with Crippen LogP contribution in [0.3, 0.4) is 0 Å². The van der Waals surface area contributed by atoms with Crippen molar-refractivity contribution in [3.05, 3.63) is 241 Å². The van der Waals surface area contributed by atoms with Crippen molar-refractivity contribution in [1.29, 1.82) is 0 Å². The Labute approximate surface area is 378 Å². The second-order valence-corrected chi connectivity index (χ2v) is 18.7. The van der Waals surface area contributed by atoms with Crippen molar-refractivity contribution in [2.45, 2.75) is 5.41 Å². The molecule has 0 unspecified atom stereocenters. The van der Waals surface area contributed by atoms with E-state index in [4.69, 9.17) is 4.98 Å². The van der Waals surface area contributed by atoms with Gasteiger partial charge in [-0.3, -0.25) is 0 Å². The van der Waals surface area contributed by atoms with Crippen molar-refractivity contribution >= 4 is 75.0 Å². The van der Waals surface area contributed by atoms with Gasteiger partial charge in [-0.2, -0.15) is 0 Å². The van der Waals surface area contributed by atoms with Crippen LogP contribution in [0.15, 0.2) is 218 Å². The fourth-order valence-corrected chi connectivity index (χ4v) is 13.3. The first-order valence-electron chi connectivity index (χ1n) is 22.5. The fraction of sp³-hybridized carbons (Fsp3) is 0.0161. The zero-order chi connectivity index (χ0) is 42.4. The lowest BCUT2D eigenvalue weighted by molar-refractivity contribution is 0.794. The number of hydrogen-bond acceptors (Lipinski definition) is 2. The van der Waals surface area contributed by atoms with Gasteiger partial charge in [0.1, 0.15) is 0 Å². The summed E-state index contributed by atoms with van der Waals surface area (Å²) >= 11 is 1.88. The molecule has 300 valence electrons. The summed E-state index contributed by atoms with van der Waals surface area (Å²) in [4.78, 5) is 5.80. The molecular formula is C62H36N2S. The first-order chi connectivity index (χ1) is 32.3. The molecule has 1 spiro atoms. The smallest absolute Gasteiger partial charge is 0.0795 e. The molecule has 2 aliphatic rings. The molecular weight excluding hydrogens is 805 g/mol. The predicted molar refractivity (Wildman–Crippen MR) is 274 cm³/mol. The maximum Gasteiger partial charge on any atom is 0.0795 e. The molecule has 3 aromatic heterocycles. The Hall–Kier alpha value is -8.11. The minimum Gasteiger partial charge on any atom is -0.309 e. The van der Waals surface area contributed by atoms with E-state index in [9.17, 15) is 0 Å². The van der Waals surface area contributed by atoms with E-state index < -0.39 is 5.41 Å². The first kappa shape index (κ1) is 35.4. The van der Waals surface area contributed by atoms with Crippen LogP contribution in [-0.4, -0.2) is 9.55 Å². The molecule has 0 radical (unpaired) electrons. The van der Waals surface area contributed by atoms with Gasteiger partial charge in [0.05, 0.1) is 27.7 Å². The van der Waals surface area contributed by atoms with E-state index in [1.807, 2.05) is 11.3 Å². The van der Waals surface area contributed by atoms with Crippen molar-refractivity contribution in [1.82, 2.24) is 9.55 Å². The van der Waals surface area contributed by atoms with Crippen LogP contribution in [-0.2, 0) is 5.41 Å². The largest absolute Gasteiger partial charge is 0.309 e. The number of aromatic nitrogens is 2. The van der Waals surface area contributed by atoms with Crippen LogP contribution in [0.25, 0.3) is 114 Å². The van der Waals surface area contributed by atoms with E-state index in [0.717, 1.165) is 27.8 Å². The molecule has 0 amide bonds. The van der Waals surface area contributed by atoms with Crippen molar-refractivity contribution in [3.8, 4) is 50.3 Å². The lowest BCUT2D eigenvalue weighted by Gasteiger charge is -2.30. The molecule has 2 nitrogen and oxygen atoms in total. The van der Waals surface area contributed by atoms with Crippen LogP contribution in [0.5, 0.6) is 0 Å². The Balaban J connectivity index is 1.11. The Morgan fingerprint density at radius 2 is 0.938 bits per heavy atom. The molecule has 0 atom stereocenters. The van der Waals surface area contributed by atoms with Gasteiger partial charge in [-0.15, -0.1) is 11.3 Å². The van der Waals surface area contributed by atoms with Crippen molar-refractivity contribution < 1.29 is 0 Å².